The molecule has 1 aliphatic rings. The predicted octanol–water partition coefficient (Wildman–Crippen LogP) is 26.3. The number of amides is 2. The summed E-state index contributed by atoms with van der Waals surface area (Å²) in [5.41, 5.74) is 4.11. The number of hydrogen-bond donors (Lipinski definition) is 0. The number of anilines is 1. The van der Waals surface area contributed by atoms with Crippen molar-refractivity contribution in [2.45, 2.75) is 195 Å². The number of rotatable bonds is 29. The highest BCUT2D eigenvalue weighted by Gasteiger charge is 2.47. The molecule has 89 heavy (non-hydrogen) atoms. The summed E-state index contributed by atoms with van der Waals surface area (Å²) >= 11 is 11.0. The molecule has 0 aliphatic carbocycles. The zero-order valence-electron chi connectivity index (χ0n) is 53.4. The number of hydrogen-bond acceptors (Lipinski definition) is 8. The largest absolute Gasteiger partial charge is 0.416 e. The molecule has 468 valence electrons. The zero-order valence-corrected chi connectivity index (χ0v) is 58.3. The molecule has 5 atom stereocenters. The Morgan fingerprint density at radius 2 is 1.03 bits per heavy atom. The highest BCUT2D eigenvalue weighted by molar-refractivity contribution is 7.32. The van der Waals surface area contributed by atoms with Gasteiger partial charge in [0.25, 0.3) is 11.8 Å². The molecule has 5 unspecified atom stereocenters. The number of imide groups is 1. The fourth-order valence-electron chi connectivity index (χ4n) is 14.4. The van der Waals surface area contributed by atoms with Crippen LogP contribution in [0.25, 0.3) is 60.9 Å². The van der Waals surface area contributed by atoms with Gasteiger partial charge in [0.1, 0.15) is 4.88 Å². The summed E-state index contributed by atoms with van der Waals surface area (Å²) in [5.74, 6) is 0.642. The van der Waals surface area contributed by atoms with Crippen LogP contribution in [0, 0.1) is 17.8 Å². The molecule has 0 bridgehead atoms. The summed E-state index contributed by atoms with van der Waals surface area (Å²) in [4.78, 5) is 42.0. The minimum Gasteiger partial charge on any atom is -0.268 e. The number of alkyl halides is 3. The molecule has 1 aliphatic heterocycles. The van der Waals surface area contributed by atoms with Crippen LogP contribution < -0.4 is 4.90 Å². The van der Waals surface area contributed by atoms with Crippen molar-refractivity contribution < 1.29 is 22.8 Å². The number of carbonyl (C=O) groups is 2. The maximum atomic E-state index is 15.4. The molecule has 2 amide bonds. The minimum atomic E-state index is -4.57. The molecular formula is C77H86F3NO2S6. The number of carbonyl (C=O) groups excluding carboxylic acids is 2. The molecular weight excluding hydrogens is 1220 g/mol. The minimum absolute atomic E-state index is 0.131. The Bertz CT molecular complexity index is 3950. The lowest BCUT2D eigenvalue weighted by molar-refractivity contribution is -0.137. The quantitative estimate of drug-likeness (QED) is 0.0438. The van der Waals surface area contributed by atoms with Crippen LogP contribution in [0.1, 0.15) is 221 Å². The Labute approximate surface area is 550 Å². The first-order chi connectivity index (χ1) is 43.1. The van der Waals surface area contributed by atoms with Crippen LogP contribution in [-0.4, -0.2) is 11.8 Å². The van der Waals surface area contributed by atoms with Gasteiger partial charge in [-0.1, -0.05) is 206 Å². The standard InChI is InChI=1S/C77H86F3NO2S6/c1-10-18-28-49(15-6)44-55-38-40-59(84-55)63-57-46-61(69-70-65(72(89-69)75(17-8,42-20-12-3)51-30-24-22-25-31-51)66-71(88-70)74(83)81(73(66)82)54-36-34-53(35-37-54)77(78,79)80)86-67(57)64(60-41-39-56(85-60)45-50(16-7)29-19-11-2)58-47-62(87-68(58)63)76(43-21-13-4,48(9)14-5)52-32-26-23-27-33-52/h22-27,30-41,46-50H,10-21,28-29,42-45H2,1-9H3. The van der Waals surface area contributed by atoms with E-state index in [1.54, 1.807) is 11.3 Å². The smallest absolute Gasteiger partial charge is 0.268 e. The van der Waals surface area contributed by atoms with Gasteiger partial charge >= 0.3 is 6.18 Å². The van der Waals surface area contributed by atoms with E-state index in [4.69, 9.17) is 0 Å². The van der Waals surface area contributed by atoms with Crippen LogP contribution in [0.15, 0.2) is 121 Å². The summed E-state index contributed by atoms with van der Waals surface area (Å²) in [6.45, 7) is 21.0. The molecule has 7 heterocycles. The Morgan fingerprint density at radius 3 is 1.57 bits per heavy atom. The Kier molecular flexibility index (Phi) is 20.5. The fourth-order valence-corrected chi connectivity index (χ4v) is 22.9. The van der Waals surface area contributed by atoms with Gasteiger partial charge in [-0.2, -0.15) is 13.2 Å². The average molecular weight is 1310 g/mol. The van der Waals surface area contributed by atoms with Crippen LogP contribution in [-0.2, 0) is 29.8 Å². The van der Waals surface area contributed by atoms with Gasteiger partial charge in [0.05, 0.1) is 26.4 Å². The summed E-state index contributed by atoms with van der Waals surface area (Å²) in [7, 11) is 0. The molecule has 0 saturated heterocycles. The molecule has 0 saturated carbocycles. The first-order valence-electron chi connectivity index (χ1n) is 33.1. The number of nitrogens with zero attached hydrogens (tertiary/aromatic N) is 1. The van der Waals surface area contributed by atoms with Gasteiger partial charge in [-0.05, 0) is 122 Å². The van der Waals surface area contributed by atoms with E-state index in [9.17, 15) is 13.2 Å². The Hall–Kier alpha value is -5.21. The van der Waals surface area contributed by atoms with E-state index in [0.29, 0.717) is 28.2 Å². The second-order valence-electron chi connectivity index (χ2n) is 25.1. The van der Waals surface area contributed by atoms with Gasteiger partial charge < -0.3 is 0 Å². The van der Waals surface area contributed by atoms with E-state index in [-0.39, 0.29) is 11.1 Å². The van der Waals surface area contributed by atoms with Gasteiger partial charge in [-0.25, -0.2) is 4.90 Å². The summed E-state index contributed by atoms with van der Waals surface area (Å²) in [5, 5.41) is 3.37. The molecule has 0 spiro atoms. The van der Waals surface area contributed by atoms with Crippen molar-refractivity contribution in [3.05, 3.63) is 168 Å². The van der Waals surface area contributed by atoms with E-state index >= 15 is 9.59 Å². The van der Waals surface area contributed by atoms with Crippen molar-refractivity contribution in [2.75, 3.05) is 4.90 Å². The number of fused-ring (bicyclic) bond motifs is 5. The molecule has 10 aromatic rings. The van der Waals surface area contributed by atoms with Crippen LogP contribution in [0.5, 0.6) is 0 Å². The van der Waals surface area contributed by atoms with Gasteiger partial charge in [-0.3, -0.25) is 9.59 Å². The SMILES string of the molecule is CCCCC(CC)Cc1ccc(-c2c3cc(C(CCCC)(c4ccccc4)C(C)CC)sc3c(-c3ccc(CC(CC)CCCC)s3)c3cc(-c4sc(C(CC)(CCCC)c5ccccc5)c5c6c(sc45)C(=O)N(c4ccc(C(F)(F)F)cc4)C6=O)sc23)s1. The first-order valence-corrected chi connectivity index (χ1v) is 38.0. The van der Waals surface area contributed by atoms with E-state index in [1.807, 2.05) is 45.3 Å². The normalized spacial score (nSPS) is 15.4. The topological polar surface area (TPSA) is 37.4 Å². The summed E-state index contributed by atoms with van der Waals surface area (Å²) in [6, 6.07) is 41.3. The van der Waals surface area contributed by atoms with E-state index in [2.05, 4.69) is 159 Å². The van der Waals surface area contributed by atoms with Crippen LogP contribution in [0.4, 0.5) is 18.9 Å². The second kappa shape index (κ2) is 27.9. The monoisotopic (exact) mass is 1310 g/mol. The van der Waals surface area contributed by atoms with Gasteiger partial charge in [0.15, 0.2) is 0 Å². The number of halogens is 3. The third kappa shape index (κ3) is 12.3. The molecule has 11 rings (SSSR count). The molecule has 12 heteroatoms. The van der Waals surface area contributed by atoms with Crippen molar-refractivity contribution in [1.82, 2.24) is 0 Å². The second-order valence-corrected chi connectivity index (χ2v) is 31.6. The van der Waals surface area contributed by atoms with Crippen LogP contribution in [0.3, 0.4) is 0 Å². The first kappa shape index (κ1) is 65.3. The van der Waals surface area contributed by atoms with E-state index in [1.165, 1.54) is 129 Å². The maximum Gasteiger partial charge on any atom is 0.416 e. The fraction of sp³-hybridized carbons (Fsp3) is 0.429. The highest BCUT2D eigenvalue weighted by atomic mass is 32.1. The lowest BCUT2D eigenvalue weighted by Gasteiger charge is -2.39. The van der Waals surface area contributed by atoms with Crippen LogP contribution >= 0.6 is 68.0 Å². The van der Waals surface area contributed by atoms with Gasteiger partial charge in [0.2, 0.25) is 0 Å². The lowest BCUT2D eigenvalue weighted by atomic mass is 9.66. The lowest BCUT2D eigenvalue weighted by Crippen LogP contribution is -2.34. The van der Waals surface area contributed by atoms with Crippen LogP contribution in [0.2, 0.25) is 0 Å². The van der Waals surface area contributed by atoms with Crippen molar-refractivity contribution in [3.63, 3.8) is 0 Å². The molecule has 4 aromatic carbocycles. The average Bonchev–Trinajstić information content (AvgIpc) is 1.60. The van der Waals surface area contributed by atoms with Crippen molar-refractivity contribution in [2.24, 2.45) is 17.8 Å². The molecule has 6 aromatic heterocycles. The summed E-state index contributed by atoms with van der Waals surface area (Å²) < 4.78 is 45.3. The zero-order chi connectivity index (χ0) is 62.8. The molecule has 0 fully saturated rings. The Balaban J connectivity index is 1.22. The summed E-state index contributed by atoms with van der Waals surface area (Å²) in [6.07, 6.45) is 15.1. The molecule has 0 radical (unpaired) electrons. The van der Waals surface area contributed by atoms with Crippen molar-refractivity contribution in [3.8, 4) is 30.6 Å². The third-order valence-corrected chi connectivity index (χ3v) is 27.4. The highest BCUT2D eigenvalue weighted by Crippen LogP contribution is 2.61. The molecule has 3 nitrogen and oxygen atoms in total. The number of benzene rings is 4. The Morgan fingerprint density at radius 1 is 0.483 bits per heavy atom. The number of unbranched alkanes of at least 4 members (excludes halogenated alkanes) is 4. The maximum absolute atomic E-state index is 15.4. The number of thiophene rings is 6. The van der Waals surface area contributed by atoms with E-state index < -0.39 is 29.0 Å². The van der Waals surface area contributed by atoms with Gasteiger partial charge in [-0.15, -0.1) is 68.0 Å². The molecule has 0 N–H and O–H groups in total. The van der Waals surface area contributed by atoms with E-state index in [0.717, 1.165) is 119 Å². The van der Waals surface area contributed by atoms with Gasteiger partial charge in [0, 0.05) is 81.7 Å². The third-order valence-electron chi connectivity index (χ3n) is 19.8. The predicted molar refractivity (Wildman–Crippen MR) is 382 cm³/mol. The van der Waals surface area contributed by atoms with Crippen molar-refractivity contribution in [1.29, 1.82) is 0 Å². The van der Waals surface area contributed by atoms with Crippen molar-refractivity contribution >= 4 is 116 Å².